The van der Waals surface area contributed by atoms with Gasteiger partial charge in [-0.25, -0.2) is 0 Å². The van der Waals surface area contributed by atoms with E-state index in [1.54, 1.807) is 9.80 Å². The topological polar surface area (TPSA) is 122 Å². The number of hydrogen-bond donors (Lipinski definition) is 1. The van der Waals surface area contributed by atoms with Crippen LogP contribution in [0, 0.1) is 24.2 Å². The minimum atomic E-state index is -1.17. The largest absolute Gasteiger partial charge is 0.461 e. The van der Waals surface area contributed by atoms with E-state index in [4.69, 9.17) is 9.41 Å². The molecule has 3 amide bonds. The number of amides is 3. The van der Waals surface area contributed by atoms with E-state index in [0.29, 0.717) is 31.7 Å². The molecule has 10 heteroatoms. The van der Waals surface area contributed by atoms with Crippen molar-refractivity contribution in [3.8, 4) is 6.07 Å². The van der Waals surface area contributed by atoms with Crippen LogP contribution in [0.4, 0.5) is 5.69 Å². The van der Waals surface area contributed by atoms with Crippen LogP contribution in [0.15, 0.2) is 33.7 Å². The van der Waals surface area contributed by atoms with Crippen LogP contribution in [0.5, 0.6) is 0 Å². The number of hydrogen-bond acceptors (Lipinski definition) is 6. The van der Waals surface area contributed by atoms with Gasteiger partial charge < -0.3 is 24.4 Å². The van der Waals surface area contributed by atoms with E-state index < -0.39 is 12.0 Å². The molecule has 1 unspecified atom stereocenters. The van der Waals surface area contributed by atoms with Gasteiger partial charge in [0.25, 0.3) is 0 Å². The van der Waals surface area contributed by atoms with Crippen molar-refractivity contribution < 1.29 is 18.8 Å². The molecule has 5 rings (SSSR count). The fraction of sp³-hybridized carbons (Fsp3) is 0.552. The summed E-state index contributed by atoms with van der Waals surface area (Å²) in [6.07, 6.45) is 5.83. The maximum atomic E-state index is 13.6. The number of nitrogens with one attached hydrogen (secondary N) is 1. The summed E-state index contributed by atoms with van der Waals surface area (Å²) < 4.78 is 5.68. The van der Waals surface area contributed by atoms with Gasteiger partial charge in [0.2, 0.25) is 17.7 Å². The van der Waals surface area contributed by atoms with Crippen molar-refractivity contribution in [2.75, 3.05) is 44.6 Å². The zero-order chi connectivity index (χ0) is 27.4. The summed E-state index contributed by atoms with van der Waals surface area (Å²) in [5.41, 5.74) is 1.39. The first-order valence-corrected chi connectivity index (χ1v) is 14.0. The number of fused-ring (bicyclic) bond motifs is 1. The third-order valence-electron chi connectivity index (χ3n) is 7.81. The van der Waals surface area contributed by atoms with Crippen molar-refractivity contribution in [3.63, 3.8) is 0 Å². The molecule has 39 heavy (non-hydrogen) atoms. The molecule has 3 fully saturated rings. The number of nitrogens with zero attached hydrogens (tertiary/aromatic N) is 5. The van der Waals surface area contributed by atoms with E-state index in [1.807, 2.05) is 36.1 Å². The summed E-state index contributed by atoms with van der Waals surface area (Å²) in [7, 11) is 0. The molecule has 206 valence electrons. The maximum absolute atomic E-state index is 13.6. The summed E-state index contributed by atoms with van der Waals surface area (Å²) in [6, 6.07) is 8.81. The Morgan fingerprint density at radius 2 is 1.74 bits per heavy atom. The summed E-state index contributed by atoms with van der Waals surface area (Å²) in [5, 5.41) is 14.2. The lowest BCUT2D eigenvalue weighted by atomic mass is 10.1. The van der Waals surface area contributed by atoms with Gasteiger partial charge in [0.15, 0.2) is 5.92 Å². The Morgan fingerprint density at radius 3 is 2.46 bits per heavy atom. The highest BCUT2D eigenvalue weighted by molar-refractivity contribution is 6.12. The van der Waals surface area contributed by atoms with E-state index in [9.17, 15) is 19.6 Å². The Balaban J connectivity index is 1.43. The van der Waals surface area contributed by atoms with Gasteiger partial charge in [-0.2, -0.15) is 5.26 Å². The molecule has 2 atom stereocenters. The fourth-order valence-electron chi connectivity index (χ4n) is 5.69. The van der Waals surface area contributed by atoms with Gasteiger partial charge >= 0.3 is 0 Å². The molecule has 1 N–H and O–H groups in total. The molecule has 0 spiro atoms. The Bertz CT molecular complexity index is 1300. The molecular formula is C29H36N6O4. The lowest BCUT2D eigenvalue weighted by Crippen LogP contribution is -2.45. The maximum Gasteiger partial charge on any atom is 0.247 e. The van der Waals surface area contributed by atoms with Crippen molar-refractivity contribution in [3.05, 3.63) is 30.0 Å². The van der Waals surface area contributed by atoms with Crippen LogP contribution < -0.4 is 5.32 Å². The van der Waals surface area contributed by atoms with Crippen molar-refractivity contribution in [2.24, 2.45) is 10.9 Å². The quantitative estimate of drug-likeness (QED) is 0.450. The molecule has 3 saturated heterocycles. The van der Waals surface area contributed by atoms with E-state index in [-0.39, 0.29) is 30.1 Å². The normalized spacial score (nSPS) is 21.2. The average molecular weight is 533 g/mol. The Kier molecular flexibility index (Phi) is 8.15. The number of amidine groups is 1. The number of carbonyl (C=O) groups excluding carboxylic acids is 3. The summed E-state index contributed by atoms with van der Waals surface area (Å²) >= 11 is 0. The highest BCUT2D eigenvalue weighted by Crippen LogP contribution is 2.25. The number of rotatable bonds is 6. The van der Waals surface area contributed by atoms with E-state index >= 15 is 0 Å². The smallest absolute Gasteiger partial charge is 0.247 e. The van der Waals surface area contributed by atoms with Gasteiger partial charge in [0.1, 0.15) is 23.2 Å². The first-order chi connectivity index (χ1) is 18.9. The summed E-state index contributed by atoms with van der Waals surface area (Å²) in [5.74, 6) is -0.788. The lowest BCUT2D eigenvalue weighted by Gasteiger charge is -2.26. The molecule has 0 saturated carbocycles. The van der Waals surface area contributed by atoms with Gasteiger partial charge in [-0.15, -0.1) is 0 Å². The Labute approximate surface area is 228 Å². The fourth-order valence-corrected chi connectivity index (χ4v) is 5.69. The first-order valence-electron chi connectivity index (χ1n) is 14.0. The van der Waals surface area contributed by atoms with Gasteiger partial charge in [0.05, 0.1) is 12.6 Å². The van der Waals surface area contributed by atoms with Gasteiger partial charge in [-0.1, -0.05) is 0 Å². The molecule has 1 aromatic heterocycles. The van der Waals surface area contributed by atoms with E-state index in [1.165, 1.54) is 0 Å². The number of anilines is 1. The van der Waals surface area contributed by atoms with Crippen molar-refractivity contribution >= 4 is 40.2 Å². The highest BCUT2D eigenvalue weighted by atomic mass is 16.3. The number of nitriles is 1. The van der Waals surface area contributed by atoms with Crippen LogP contribution >= 0.6 is 0 Å². The molecule has 3 aliphatic rings. The third-order valence-corrected chi connectivity index (χ3v) is 7.81. The molecule has 0 radical (unpaired) electrons. The molecule has 2 aromatic rings. The molecule has 1 aromatic carbocycles. The van der Waals surface area contributed by atoms with Crippen molar-refractivity contribution in [2.45, 2.75) is 57.9 Å². The first kappa shape index (κ1) is 26.7. The second-order valence-electron chi connectivity index (χ2n) is 10.7. The SMILES string of the molecule is Cc1cc2cc(NC(=N[C@H]3CCCCN(CC(=O)N4CCCC4)C3=O)C(C#N)C(=O)N3CCCC3)ccc2o1. The van der Waals surface area contributed by atoms with E-state index in [0.717, 1.165) is 68.3 Å². The average Bonchev–Trinajstić information content (AvgIpc) is 3.69. The molecule has 0 aliphatic carbocycles. The standard InChI is InChI=1S/C29H36N6O4/c1-20-16-21-17-22(9-10-25(21)39-20)31-27(23(18-30)28(37)34-13-6-7-14-34)32-24-8-2-3-15-35(29(24)38)19-26(36)33-11-4-5-12-33/h9-10,16-17,23-24H,2-8,11-15,19H2,1H3,(H,31,32)/t23?,24-/m0/s1. The van der Waals surface area contributed by atoms with Gasteiger partial charge in [-0.3, -0.25) is 19.4 Å². The molecule has 3 aliphatic heterocycles. The minimum absolute atomic E-state index is 0.0355. The Hall–Kier alpha value is -3.87. The van der Waals surface area contributed by atoms with Gasteiger partial charge in [-0.05, 0) is 76.1 Å². The van der Waals surface area contributed by atoms with E-state index in [2.05, 4.69) is 11.4 Å². The Morgan fingerprint density at radius 1 is 1.05 bits per heavy atom. The van der Waals surface area contributed by atoms with Crippen LogP contribution in [0.3, 0.4) is 0 Å². The van der Waals surface area contributed by atoms with Crippen LogP contribution in [0.25, 0.3) is 11.0 Å². The van der Waals surface area contributed by atoms with Crippen molar-refractivity contribution in [1.29, 1.82) is 5.26 Å². The molecule has 0 bridgehead atoms. The predicted molar refractivity (Wildman–Crippen MR) is 147 cm³/mol. The number of carbonyl (C=O) groups is 3. The number of aliphatic imine (C=N–C) groups is 1. The third kappa shape index (κ3) is 6.08. The molecular weight excluding hydrogens is 496 g/mol. The molecule has 4 heterocycles. The highest BCUT2D eigenvalue weighted by Gasteiger charge is 2.34. The van der Waals surface area contributed by atoms with Crippen LogP contribution in [-0.4, -0.2) is 83.6 Å². The second kappa shape index (κ2) is 11.9. The number of aryl methyl sites for hydroxylation is 1. The zero-order valence-corrected chi connectivity index (χ0v) is 22.5. The summed E-state index contributed by atoms with van der Waals surface area (Å²) in [4.78, 5) is 49.7. The zero-order valence-electron chi connectivity index (χ0n) is 22.5. The summed E-state index contributed by atoms with van der Waals surface area (Å²) in [6.45, 7) is 5.10. The minimum Gasteiger partial charge on any atom is -0.461 e. The monoisotopic (exact) mass is 532 g/mol. The van der Waals surface area contributed by atoms with Gasteiger partial charge in [0, 0.05) is 43.8 Å². The predicted octanol–water partition coefficient (Wildman–Crippen LogP) is 3.32. The number of likely N-dealkylation sites (tertiary alicyclic amines) is 3. The molecule has 10 nitrogen and oxygen atoms in total. The number of benzene rings is 1. The lowest BCUT2D eigenvalue weighted by molar-refractivity contribution is -0.140. The van der Waals surface area contributed by atoms with Crippen LogP contribution in [0.2, 0.25) is 0 Å². The van der Waals surface area contributed by atoms with Crippen LogP contribution in [0.1, 0.15) is 50.7 Å². The van der Waals surface area contributed by atoms with Crippen LogP contribution in [-0.2, 0) is 14.4 Å². The second-order valence-corrected chi connectivity index (χ2v) is 10.7. The number of furan rings is 1. The van der Waals surface area contributed by atoms with Crippen molar-refractivity contribution in [1.82, 2.24) is 14.7 Å².